The number of carbonyl (C=O) groups excluding carboxylic acids is 1. The highest BCUT2D eigenvalue weighted by Crippen LogP contribution is 2.30. The fourth-order valence-electron chi connectivity index (χ4n) is 2.08. The van der Waals surface area contributed by atoms with Crippen molar-refractivity contribution in [3.8, 4) is 11.1 Å². The van der Waals surface area contributed by atoms with Gasteiger partial charge in [-0.1, -0.05) is 41.9 Å². The topological polar surface area (TPSA) is 29.1 Å². The molecule has 1 heterocycles. The first-order chi connectivity index (χ1) is 8.25. The van der Waals surface area contributed by atoms with Crippen LogP contribution in [0.15, 0.2) is 42.5 Å². The van der Waals surface area contributed by atoms with E-state index in [1.54, 1.807) is 0 Å². The second kappa shape index (κ2) is 3.90. The number of halogens is 1. The Balaban J connectivity index is 2.15. The molecule has 2 nitrogen and oxygen atoms in total. The lowest BCUT2D eigenvalue weighted by Crippen LogP contribution is -2.12. The molecule has 3 rings (SSSR count). The van der Waals surface area contributed by atoms with Crippen LogP contribution < -0.4 is 5.32 Å². The highest BCUT2D eigenvalue weighted by Gasteiger charge is 2.19. The standard InChI is InChI=1S/C14H10ClNO/c15-13-4-2-1-3-11(13)9-5-6-10-8-16-14(17)12(10)7-9/h1-7H,8H2,(H,16,17). The Labute approximate surface area is 104 Å². The normalized spacial score (nSPS) is 13.4. The van der Waals surface area contributed by atoms with E-state index in [2.05, 4.69) is 5.32 Å². The zero-order chi connectivity index (χ0) is 11.8. The molecule has 0 radical (unpaired) electrons. The molecule has 0 fully saturated rings. The molecule has 2 aromatic rings. The van der Waals surface area contributed by atoms with E-state index in [0.29, 0.717) is 11.6 Å². The molecule has 3 heteroatoms. The van der Waals surface area contributed by atoms with Crippen molar-refractivity contribution in [1.29, 1.82) is 0 Å². The first-order valence-electron chi connectivity index (χ1n) is 5.42. The van der Waals surface area contributed by atoms with Gasteiger partial charge in [0.2, 0.25) is 0 Å². The largest absolute Gasteiger partial charge is 0.348 e. The number of hydrogen-bond donors (Lipinski definition) is 1. The minimum atomic E-state index is -0.00564. The van der Waals surface area contributed by atoms with Crippen LogP contribution in [0.5, 0.6) is 0 Å². The van der Waals surface area contributed by atoms with Crippen molar-refractivity contribution >= 4 is 17.5 Å². The Hall–Kier alpha value is -1.80. The molecule has 0 saturated heterocycles. The molecule has 0 saturated carbocycles. The van der Waals surface area contributed by atoms with E-state index in [1.165, 1.54) is 0 Å². The van der Waals surface area contributed by atoms with Gasteiger partial charge in [-0.15, -0.1) is 0 Å². The Bertz CT molecular complexity index is 607. The smallest absolute Gasteiger partial charge is 0.251 e. The van der Waals surface area contributed by atoms with Crippen LogP contribution >= 0.6 is 11.6 Å². The second-order valence-corrected chi connectivity index (χ2v) is 4.44. The van der Waals surface area contributed by atoms with Crippen molar-refractivity contribution in [2.75, 3.05) is 0 Å². The van der Waals surface area contributed by atoms with E-state index in [0.717, 1.165) is 22.3 Å². The third kappa shape index (κ3) is 1.71. The number of amides is 1. The molecule has 2 aromatic carbocycles. The first-order valence-corrected chi connectivity index (χ1v) is 5.79. The van der Waals surface area contributed by atoms with Gasteiger partial charge in [0.1, 0.15) is 0 Å². The molecule has 17 heavy (non-hydrogen) atoms. The molecule has 1 N–H and O–H groups in total. The van der Waals surface area contributed by atoms with Crippen molar-refractivity contribution in [2.24, 2.45) is 0 Å². The fraction of sp³-hybridized carbons (Fsp3) is 0.0714. The van der Waals surface area contributed by atoms with Crippen molar-refractivity contribution in [2.45, 2.75) is 6.54 Å². The van der Waals surface area contributed by atoms with E-state index in [-0.39, 0.29) is 5.91 Å². The minimum Gasteiger partial charge on any atom is -0.348 e. The maximum absolute atomic E-state index is 11.6. The molecule has 1 aliphatic rings. The molecule has 0 spiro atoms. The summed E-state index contributed by atoms with van der Waals surface area (Å²) in [5, 5.41) is 3.51. The van der Waals surface area contributed by atoms with Gasteiger partial charge in [0, 0.05) is 22.7 Å². The van der Waals surface area contributed by atoms with E-state index < -0.39 is 0 Å². The Morgan fingerprint density at radius 3 is 2.71 bits per heavy atom. The lowest BCUT2D eigenvalue weighted by Gasteiger charge is -2.05. The Kier molecular flexibility index (Phi) is 2.37. The molecule has 0 aliphatic carbocycles. The Morgan fingerprint density at radius 2 is 1.88 bits per heavy atom. The van der Waals surface area contributed by atoms with E-state index in [9.17, 15) is 4.79 Å². The highest BCUT2D eigenvalue weighted by molar-refractivity contribution is 6.33. The number of hydrogen-bond acceptors (Lipinski definition) is 1. The van der Waals surface area contributed by atoms with Crippen LogP contribution in [-0.4, -0.2) is 5.91 Å². The average Bonchev–Trinajstić information content (AvgIpc) is 2.71. The second-order valence-electron chi connectivity index (χ2n) is 4.03. The zero-order valence-electron chi connectivity index (χ0n) is 9.03. The van der Waals surface area contributed by atoms with Gasteiger partial charge in [-0.2, -0.15) is 0 Å². The molecular weight excluding hydrogens is 234 g/mol. The van der Waals surface area contributed by atoms with Crippen molar-refractivity contribution in [3.05, 3.63) is 58.6 Å². The third-order valence-corrected chi connectivity index (χ3v) is 3.31. The van der Waals surface area contributed by atoms with E-state index in [4.69, 9.17) is 11.6 Å². The van der Waals surface area contributed by atoms with Gasteiger partial charge in [0.05, 0.1) is 0 Å². The minimum absolute atomic E-state index is 0.00564. The highest BCUT2D eigenvalue weighted by atomic mass is 35.5. The maximum Gasteiger partial charge on any atom is 0.251 e. The van der Waals surface area contributed by atoms with Gasteiger partial charge in [0.15, 0.2) is 0 Å². The molecule has 0 atom stereocenters. The molecule has 0 aromatic heterocycles. The number of benzene rings is 2. The molecule has 1 aliphatic heterocycles. The lowest BCUT2D eigenvalue weighted by atomic mass is 10.0. The number of rotatable bonds is 1. The molecule has 84 valence electrons. The van der Waals surface area contributed by atoms with E-state index in [1.807, 2.05) is 42.5 Å². The quantitative estimate of drug-likeness (QED) is 0.819. The zero-order valence-corrected chi connectivity index (χ0v) is 9.79. The lowest BCUT2D eigenvalue weighted by molar-refractivity contribution is 0.0966. The summed E-state index contributed by atoms with van der Waals surface area (Å²) in [5.74, 6) is -0.00564. The van der Waals surface area contributed by atoms with Gasteiger partial charge in [-0.05, 0) is 23.3 Å². The van der Waals surface area contributed by atoms with Crippen LogP contribution in [0, 0.1) is 0 Å². The monoisotopic (exact) mass is 243 g/mol. The summed E-state index contributed by atoms with van der Waals surface area (Å²) >= 11 is 6.15. The van der Waals surface area contributed by atoms with Crippen molar-refractivity contribution in [3.63, 3.8) is 0 Å². The van der Waals surface area contributed by atoms with Crippen LogP contribution in [0.3, 0.4) is 0 Å². The third-order valence-electron chi connectivity index (χ3n) is 2.98. The summed E-state index contributed by atoms with van der Waals surface area (Å²) < 4.78 is 0. The van der Waals surface area contributed by atoms with Gasteiger partial charge < -0.3 is 5.32 Å². The SMILES string of the molecule is O=C1NCc2ccc(-c3ccccc3Cl)cc21. The fourth-order valence-corrected chi connectivity index (χ4v) is 2.32. The predicted octanol–water partition coefficient (Wildman–Crippen LogP) is 3.25. The predicted molar refractivity (Wildman–Crippen MR) is 68.1 cm³/mol. The number of fused-ring (bicyclic) bond motifs is 1. The summed E-state index contributed by atoms with van der Waals surface area (Å²) in [7, 11) is 0. The van der Waals surface area contributed by atoms with Crippen molar-refractivity contribution < 1.29 is 4.79 Å². The molecule has 0 bridgehead atoms. The van der Waals surface area contributed by atoms with Crippen LogP contribution in [0.25, 0.3) is 11.1 Å². The average molecular weight is 244 g/mol. The Morgan fingerprint density at radius 1 is 1.06 bits per heavy atom. The summed E-state index contributed by atoms with van der Waals surface area (Å²) in [6.45, 7) is 0.622. The van der Waals surface area contributed by atoms with Gasteiger partial charge in [-0.25, -0.2) is 0 Å². The maximum atomic E-state index is 11.6. The number of nitrogens with one attached hydrogen (secondary N) is 1. The summed E-state index contributed by atoms with van der Waals surface area (Å²) in [5.41, 5.74) is 3.73. The van der Waals surface area contributed by atoms with Gasteiger partial charge in [0.25, 0.3) is 5.91 Å². The van der Waals surface area contributed by atoms with Crippen LogP contribution in [-0.2, 0) is 6.54 Å². The molecular formula is C14H10ClNO. The first kappa shape index (κ1) is 10.4. The number of carbonyl (C=O) groups is 1. The van der Waals surface area contributed by atoms with Gasteiger partial charge >= 0.3 is 0 Å². The summed E-state index contributed by atoms with van der Waals surface area (Å²) in [6, 6.07) is 13.5. The summed E-state index contributed by atoms with van der Waals surface area (Å²) in [6.07, 6.45) is 0. The van der Waals surface area contributed by atoms with Crippen LogP contribution in [0.1, 0.15) is 15.9 Å². The van der Waals surface area contributed by atoms with Crippen LogP contribution in [0.4, 0.5) is 0 Å². The van der Waals surface area contributed by atoms with Crippen LogP contribution in [0.2, 0.25) is 5.02 Å². The van der Waals surface area contributed by atoms with E-state index >= 15 is 0 Å². The van der Waals surface area contributed by atoms with Gasteiger partial charge in [-0.3, -0.25) is 4.79 Å². The van der Waals surface area contributed by atoms with Crippen molar-refractivity contribution in [1.82, 2.24) is 5.32 Å². The molecule has 0 unspecified atom stereocenters. The summed E-state index contributed by atoms with van der Waals surface area (Å²) in [4.78, 5) is 11.6. The molecule has 1 amide bonds.